The summed E-state index contributed by atoms with van der Waals surface area (Å²) in [7, 11) is 0. The van der Waals surface area contributed by atoms with Crippen LogP contribution in [0.15, 0.2) is 48.5 Å². The molecular formula is C27H32N2O6. The molecule has 0 spiro atoms. The van der Waals surface area contributed by atoms with Crippen LogP contribution in [-0.4, -0.2) is 55.5 Å². The minimum absolute atomic E-state index is 0.0295. The summed E-state index contributed by atoms with van der Waals surface area (Å²) in [6.45, 7) is 3.03. The van der Waals surface area contributed by atoms with E-state index >= 15 is 0 Å². The molecule has 3 unspecified atom stereocenters. The summed E-state index contributed by atoms with van der Waals surface area (Å²) in [6, 6.07) is 16.0. The molecule has 0 radical (unpaired) electrons. The molecule has 0 bridgehead atoms. The zero-order valence-electron chi connectivity index (χ0n) is 19.9. The zero-order chi connectivity index (χ0) is 24.8. The van der Waals surface area contributed by atoms with E-state index in [-0.39, 0.29) is 43.4 Å². The van der Waals surface area contributed by atoms with Gasteiger partial charge in [0, 0.05) is 31.0 Å². The van der Waals surface area contributed by atoms with Gasteiger partial charge in [0.25, 0.3) is 0 Å². The Morgan fingerprint density at radius 2 is 1.74 bits per heavy atom. The second-order valence-corrected chi connectivity index (χ2v) is 9.15. The number of hydrogen-bond donors (Lipinski definition) is 3. The first-order valence-corrected chi connectivity index (χ1v) is 12.2. The van der Waals surface area contributed by atoms with Crippen molar-refractivity contribution in [2.24, 2.45) is 11.8 Å². The van der Waals surface area contributed by atoms with E-state index < -0.39 is 18.0 Å². The Hall–Kier alpha value is -3.39. The van der Waals surface area contributed by atoms with Gasteiger partial charge in [-0.2, -0.15) is 0 Å². The molecule has 4 rings (SSSR count). The topological polar surface area (TPSA) is 114 Å². The summed E-state index contributed by atoms with van der Waals surface area (Å²) in [5.41, 5.74) is 4.60. The second-order valence-electron chi connectivity index (χ2n) is 9.15. The molecule has 1 heterocycles. The average Bonchev–Trinajstić information content (AvgIpc) is 3.18. The van der Waals surface area contributed by atoms with Gasteiger partial charge in [-0.3, -0.25) is 9.59 Å². The van der Waals surface area contributed by atoms with Crippen LogP contribution in [0, 0.1) is 11.8 Å². The maximum Gasteiger partial charge on any atom is 0.407 e. The number of ether oxygens (including phenoxy) is 2. The number of aliphatic carboxylic acids is 1. The third-order valence-electron chi connectivity index (χ3n) is 6.94. The molecular weight excluding hydrogens is 448 g/mol. The summed E-state index contributed by atoms with van der Waals surface area (Å²) in [5.74, 6) is -1.85. The van der Waals surface area contributed by atoms with Crippen molar-refractivity contribution in [3.05, 3.63) is 59.7 Å². The van der Waals surface area contributed by atoms with Gasteiger partial charge in [0.05, 0.1) is 18.9 Å². The molecule has 8 heteroatoms. The van der Waals surface area contributed by atoms with Crippen molar-refractivity contribution < 1.29 is 29.0 Å². The second kappa shape index (κ2) is 11.4. The van der Waals surface area contributed by atoms with E-state index in [0.717, 1.165) is 22.3 Å². The third kappa shape index (κ3) is 5.82. The quantitative estimate of drug-likeness (QED) is 0.506. The van der Waals surface area contributed by atoms with Gasteiger partial charge in [0.2, 0.25) is 5.91 Å². The third-order valence-corrected chi connectivity index (χ3v) is 6.94. The first kappa shape index (κ1) is 24.7. The van der Waals surface area contributed by atoms with Crippen LogP contribution >= 0.6 is 0 Å². The zero-order valence-corrected chi connectivity index (χ0v) is 19.9. The number of hydrogen-bond acceptors (Lipinski definition) is 5. The van der Waals surface area contributed by atoms with Gasteiger partial charge >= 0.3 is 12.1 Å². The maximum atomic E-state index is 12.8. The summed E-state index contributed by atoms with van der Waals surface area (Å²) in [5, 5.41) is 14.8. The number of carboxylic acids is 1. The number of carboxylic acid groups (broad SMARTS) is 1. The van der Waals surface area contributed by atoms with Crippen molar-refractivity contribution >= 4 is 18.0 Å². The van der Waals surface area contributed by atoms with Gasteiger partial charge in [-0.1, -0.05) is 55.5 Å². The Balaban J connectivity index is 1.29. The largest absolute Gasteiger partial charge is 0.481 e. The molecule has 35 heavy (non-hydrogen) atoms. The van der Waals surface area contributed by atoms with Crippen LogP contribution in [0.4, 0.5) is 4.79 Å². The first-order chi connectivity index (χ1) is 17.0. The number of nitrogens with one attached hydrogen (secondary N) is 2. The van der Waals surface area contributed by atoms with Crippen LogP contribution in [-0.2, 0) is 19.1 Å². The molecule has 1 fully saturated rings. The fourth-order valence-electron chi connectivity index (χ4n) is 4.99. The van der Waals surface area contributed by atoms with Crippen LogP contribution in [0.25, 0.3) is 11.1 Å². The Morgan fingerprint density at radius 3 is 2.37 bits per heavy atom. The summed E-state index contributed by atoms with van der Waals surface area (Å²) >= 11 is 0. The van der Waals surface area contributed by atoms with E-state index in [1.54, 1.807) is 0 Å². The summed E-state index contributed by atoms with van der Waals surface area (Å²) in [6.07, 6.45) is 0.482. The van der Waals surface area contributed by atoms with Gasteiger partial charge in [-0.15, -0.1) is 0 Å². The standard InChI is InChI=1S/C27H32N2O6/c1-2-17(26(32)29-24-11-12-34-15-18(24)13-25(30)31)14-28-27(33)35-16-23-21-9-5-3-7-19(21)20-8-4-6-10-22(20)23/h3-10,17-18,23-24H,2,11-16H2,1H3,(H,28,33)(H,29,32)(H,30,31). The summed E-state index contributed by atoms with van der Waals surface area (Å²) < 4.78 is 10.9. The number of carbonyl (C=O) groups is 3. The van der Waals surface area contributed by atoms with E-state index in [9.17, 15) is 14.4 Å². The number of benzene rings is 2. The van der Waals surface area contributed by atoms with Crippen molar-refractivity contribution in [1.29, 1.82) is 0 Å². The van der Waals surface area contributed by atoms with E-state index in [4.69, 9.17) is 14.6 Å². The molecule has 2 aromatic carbocycles. The molecule has 0 saturated carbocycles. The van der Waals surface area contributed by atoms with Crippen molar-refractivity contribution in [2.45, 2.75) is 38.1 Å². The van der Waals surface area contributed by atoms with Crippen LogP contribution < -0.4 is 10.6 Å². The van der Waals surface area contributed by atoms with E-state index in [2.05, 4.69) is 34.9 Å². The van der Waals surface area contributed by atoms with Gasteiger partial charge in [-0.25, -0.2) is 4.79 Å². The highest BCUT2D eigenvalue weighted by Gasteiger charge is 2.31. The van der Waals surface area contributed by atoms with Crippen molar-refractivity contribution in [2.75, 3.05) is 26.4 Å². The van der Waals surface area contributed by atoms with Crippen LogP contribution in [0.5, 0.6) is 0 Å². The monoisotopic (exact) mass is 480 g/mol. The SMILES string of the molecule is CCC(CNC(=O)OCC1c2ccccc2-c2ccccc21)C(=O)NC1CCOCC1CC(=O)O. The molecule has 8 nitrogen and oxygen atoms in total. The molecule has 2 aliphatic rings. The first-order valence-electron chi connectivity index (χ1n) is 12.2. The normalized spacial score (nSPS) is 19.8. The molecule has 1 saturated heterocycles. The molecule has 2 aromatic rings. The molecule has 0 aromatic heterocycles. The van der Waals surface area contributed by atoms with Crippen molar-refractivity contribution in [3.8, 4) is 11.1 Å². The Kier molecular flexibility index (Phi) is 8.02. The molecule has 1 aliphatic heterocycles. The molecule has 3 N–H and O–H groups in total. The average molecular weight is 481 g/mol. The minimum Gasteiger partial charge on any atom is -0.481 e. The lowest BCUT2D eigenvalue weighted by molar-refractivity contribution is -0.140. The Labute approximate surface area is 205 Å². The van der Waals surface area contributed by atoms with Crippen LogP contribution in [0.2, 0.25) is 0 Å². The fourth-order valence-corrected chi connectivity index (χ4v) is 4.99. The van der Waals surface area contributed by atoms with Crippen LogP contribution in [0.3, 0.4) is 0 Å². The highest BCUT2D eigenvalue weighted by atomic mass is 16.5. The number of alkyl carbamates (subject to hydrolysis) is 1. The van der Waals surface area contributed by atoms with Gasteiger partial charge < -0.3 is 25.2 Å². The molecule has 2 amide bonds. The van der Waals surface area contributed by atoms with E-state index in [1.807, 2.05) is 31.2 Å². The molecule has 186 valence electrons. The van der Waals surface area contributed by atoms with Crippen molar-refractivity contribution in [3.63, 3.8) is 0 Å². The minimum atomic E-state index is -0.913. The van der Waals surface area contributed by atoms with Gasteiger partial charge in [-0.05, 0) is 35.1 Å². The fraction of sp³-hybridized carbons (Fsp3) is 0.444. The lowest BCUT2D eigenvalue weighted by Crippen LogP contribution is -2.49. The molecule has 3 atom stereocenters. The lowest BCUT2D eigenvalue weighted by Gasteiger charge is -2.32. The highest BCUT2D eigenvalue weighted by Crippen LogP contribution is 2.44. The Bertz CT molecular complexity index is 1030. The number of rotatable bonds is 9. The van der Waals surface area contributed by atoms with E-state index in [0.29, 0.717) is 26.1 Å². The van der Waals surface area contributed by atoms with Gasteiger partial charge in [0.15, 0.2) is 0 Å². The lowest BCUT2D eigenvalue weighted by atomic mass is 9.91. The summed E-state index contributed by atoms with van der Waals surface area (Å²) in [4.78, 5) is 36.4. The van der Waals surface area contributed by atoms with Crippen LogP contribution in [0.1, 0.15) is 43.2 Å². The van der Waals surface area contributed by atoms with E-state index in [1.165, 1.54) is 0 Å². The number of amides is 2. The smallest absolute Gasteiger partial charge is 0.407 e. The van der Waals surface area contributed by atoms with Gasteiger partial charge in [0.1, 0.15) is 6.61 Å². The maximum absolute atomic E-state index is 12.8. The predicted molar refractivity (Wildman–Crippen MR) is 130 cm³/mol. The highest BCUT2D eigenvalue weighted by molar-refractivity contribution is 5.80. The molecule has 1 aliphatic carbocycles. The number of carbonyl (C=O) groups excluding carboxylic acids is 2. The Morgan fingerprint density at radius 1 is 1.09 bits per heavy atom. The van der Waals surface area contributed by atoms with Crippen molar-refractivity contribution in [1.82, 2.24) is 10.6 Å². The predicted octanol–water partition coefficient (Wildman–Crippen LogP) is 3.55. The number of fused-ring (bicyclic) bond motifs is 3.